The highest BCUT2D eigenvalue weighted by atomic mass is 31.2. The first-order valence-corrected chi connectivity index (χ1v) is 16.2. The number of aromatic nitrogens is 7. The molecule has 4 radical (unpaired) electrons. The summed E-state index contributed by atoms with van der Waals surface area (Å²) >= 11 is 0. The minimum atomic E-state index is -4.69. The van der Waals surface area contributed by atoms with Crippen LogP contribution in [0.3, 0.4) is 0 Å². The number of nitrogens with zero attached hydrogens (tertiary/aromatic N) is 6. The highest BCUT2D eigenvalue weighted by Crippen LogP contribution is 2.54. The molecular formula is C21H19B2F3N8O9P2. The summed E-state index contributed by atoms with van der Waals surface area (Å²) in [5, 5.41) is -0.478. The number of imidazole rings is 1. The van der Waals surface area contributed by atoms with E-state index in [4.69, 9.17) is 48.4 Å². The molecule has 0 aromatic carbocycles. The molecule has 3 saturated heterocycles. The summed E-state index contributed by atoms with van der Waals surface area (Å²) in [4.78, 5) is 30.1. The first-order valence-electron chi connectivity index (χ1n) is 13.0. The van der Waals surface area contributed by atoms with Gasteiger partial charge in [-0.2, -0.15) is 0 Å². The second-order valence-corrected chi connectivity index (χ2v) is 13.3. The molecule has 7 rings (SSSR count). The molecule has 10 atom stereocenters. The molecule has 4 unspecified atom stereocenters. The smallest absolute Gasteiger partial charge is 0.264 e. The minimum Gasteiger partial charge on any atom is -0.382 e. The van der Waals surface area contributed by atoms with E-state index in [-0.39, 0.29) is 22.6 Å². The molecule has 0 bridgehead atoms. The highest BCUT2D eigenvalue weighted by Gasteiger charge is 2.53. The number of fused-ring (bicyclic) bond motifs is 4. The number of nitrogens with one attached hydrogen (secondary N) is 1. The van der Waals surface area contributed by atoms with E-state index in [0.29, 0.717) is 0 Å². The van der Waals surface area contributed by atoms with Gasteiger partial charge < -0.3 is 38.3 Å². The number of halogens is 3. The minimum absolute atomic E-state index is 0.0144. The first kappa shape index (κ1) is 30.6. The zero-order chi connectivity index (χ0) is 31.8. The molecular weight excluding hydrogens is 649 g/mol. The normalized spacial score (nSPS) is 37.7. The Labute approximate surface area is 251 Å². The lowest BCUT2D eigenvalue weighted by Gasteiger charge is -2.29. The Morgan fingerprint density at radius 1 is 0.911 bits per heavy atom. The Morgan fingerprint density at radius 3 is 2.13 bits per heavy atom. The lowest BCUT2D eigenvalue weighted by Crippen LogP contribution is -2.37. The molecule has 0 spiro atoms. The third-order valence-corrected chi connectivity index (χ3v) is 9.51. The fourth-order valence-corrected chi connectivity index (χ4v) is 7.42. The van der Waals surface area contributed by atoms with Crippen LogP contribution in [0.4, 0.5) is 19.0 Å². The predicted octanol–water partition coefficient (Wildman–Crippen LogP) is 1.13. The number of alkyl halides is 2. The zero-order valence-corrected chi connectivity index (χ0v) is 24.2. The van der Waals surface area contributed by atoms with Crippen LogP contribution >= 0.6 is 14.9 Å². The van der Waals surface area contributed by atoms with Crippen LogP contribution in [0.15, 0.2) is 30.0 Å². The van der Waals surface area contributed by atoms with Crippen molar-refractivity contribution in [2.75, 3.05) is 18.9 Å². The summed E-state index contributed by atoms with van der Waals surface area (Å²) < 4.78 is 107. The molecule has 3 N–H and O–H groups in total. The number of ether oxygens (including phenoxy) is 2. The van der Waals surface area contributed by atoms with E-state index in [2.05, 4.69) is 24.9 Å². The molecule has 0 amide bonds. The van der Waals surface area contributed by atoms with Gasteiger partial charge in [0.1, 0.15) is 41.6 Å². The summed E-state index contributed by atoms with van der Waals surface area (Å²) in [6, 6.07) is 0. The molecule has 0 aliphatic carbocycles. The second-order valence-electron chi connectivity index (χ2n) is 10.2. The largest absolute Gasteiger partial charge is 0.382 e. The number of hydrogen-bond acceptors (Lipinski definition) is 14. The fraction of sp³-hybridized carbons (Fsp3) is 0.476. The highest BCUT2D eigenvalue weighted by molar-refractivity contribution is 7.79. The maximum atomic E-state index is 15.9. The van der Waals surface area contributed by atoms with Gasteiger partial charge in [0.2, 0.25) is 15.1 Å². The van der Waals surface area contributed by atoms with Gasteiger partial charge >= 0.3 is 0 Å². The number of nitrogen functional groups attached to an aromatic ring is 1. The summed E-state index contributed by atoms with van der Waals surface area (Å²) in [6.45, 7) is -1.61. The lowest BCUT2D eigenvalue weighted by atomic mass is 10.1. The molecule has 7 heterocycles. The van der Waals surface area contributed by atoms with Gasteiger partial charge in [-0.1, -0.05) is 0 Å². The Morgan fingerprint density at radius 2 is 1.51 bits per heavy atom. The van der Waals surface area contributed by atoms with E-state index in [1.165, 1.54) is 10.9 Å². The van der Waals surface area contributed by atoms with Crippen LogP contribution in [0.25, 0.3) is 22.2 Å². The number of rotatable bonds is 2. The molecule has 3 aliphatic heterocycles. The van der Waals surface area contributed by atoms with Crippen LogP contribution in [0.2, 0.25) is 0 Å². The van der Waals surface area contributed by atoms with Gasteiger partial charge in [-0.25, -0.2) is 33.1 Å². The Hall–Kier alpha value is -3.09. The molecule has 17 nitrogen and oxygen atoms in total. The first-order chi connectivity index (χ1) is 21.3. The second kappa shape index (κ2) is 11.0. The van der Waals surface area contributed by atoms with Crippen molar-refractivity contribution in [3.05, 3.63) is 41.3 Å². The van der Waals surface area contributed by atoms with E-state index < -0.39 is 94.1 Å². The quantitative estimate of drug-likeness (QED) is 0.227. The van der Waals surface area contributed by atoms with Crippen LogP contribution in [0, 0.1) is 5.82 Å². The molecule has 4 aromatic rings. The molecule has 0 saturated carbocycles. The van der Waals surface area contributed by atoms with Crippen molar-refractivity contribution < 1.29 is 49.9 Å². The fourth-order valence-electron chi connectivity index (χ4n) is 5.41. The van der Waals surface area contributed by atoms with E-state index >= 15 is 8.78 Å². The van der Waals surface area contributed by atoms with Gasteiger partial charge in [0.05, 0.1) is 25.9 Å². The molecule has 3 aliphatic rings. The van der Waals surface area contributed by atoms with E-state index in [1.807, 2.05) is 0 Å². The van der Waals surface area contributed by atoms with Crippen molar-refractivity contribution >= 4 is 58.1 Å². The van der Waals surface area contributed by atoms with Crippen LogP contribution in [-0.4, -0.2) is 99.2 Å². The number of hydrogen-bond donors (Lipinski definition) is 2. The van der Waals surface area contributed by atoms with Gasteiger partial charge in [0, 0.05) is 6.20 Å². The average molecular weight is 668 g/mol. The van der Waals surface area contributed by atoms with E-state index in [9.17, 15) is 18.3 Å². The van der Waals surface area contributed by atoms with Crippen molar-refractivity contribution in [1.82, 2.24) is 34.1 Å². The van der Waals surface area contributed by atoms with Crippen LogP contribution in [-0.2, 0) is 36.7 Å². The van der Waals surface area contributed by atoms with Gasteiger partial charge in [0.15, 0.2) is 47.7 Å². The van der Waals surface area contributed by atoms with Crippen LogP contribution in [0.1, 0.15) is 12.5 Å². The van der Waals surface area contributed by atoms with Gasteiger partial charge in [0.25, 0.3) is 20.5 Å². The maximum absolute atomic E-state index is 15.9. The molecule has 24 heteroatoms. The molecule has 4 aromatic heterocycles. The number of H-pyrrole nitrogens is 1. The number of anilines is 1. The van der Waals surface area contributed by atoms with Crippen molar-refractivity contribution in [1.29, 1.82) is 0 Å². The predicted molar refractivity (Wildman–Crippen MR) is 146 cm³/mol. The third-order valence-electron chi connectivity index (χ3n) is 7.41. The molecule has 3 fully saturated rings. The topological polar surface area (TPSA) is 210 Å². The van der Waals surface area contributed by atoms with Crippen molar-refractivity contribution in [2.45, 2.75) is 49.2 Å². The average Bonchev–Trinajstić information content (AvgIpc) is 3.71. The number of nitrogens with two attached hydrogens (primary N) is 1. The zero-order valence-electron chi connectivity index (χ0n) is 22.5. The monoisotopic (exact) mass is 668 g/mol. The third kappa shape index (κ3) is 5.32. The van der Waals surface area contributed by atoms with Crippen molar-refractivity contribution in [3.63, 3.8) is 0 Å². The van der Waals surface area contributed by atoms with Crippen LogP contribution < -0.4 is 11.3 Å². The lowest BCUT2D eigenvalue weighted by molar-refractivity contribution is -0.0548. The summed E-state index contributed by atoms with van der Waals surface area (Å²) in [5.74, 6) is -1.02. The standard InChI is InChI=1S/C21H19B2F3N8O9P2/c22-44(36)39-3-9-15(12(26)21(41-9)34-6-32-13-16(27)28-4-30-18(13)34)43-45(23,37)38-2-8-14(42-44)11(25)20(40-8)33-1-7(24)10-17(33)29-5-31-19(10)35/h1,4-6,8-9,11-12,14-15,20-21H,2-3H2,(H2,27,28,30)(H,29,31,35)/t8-,9-,11+,12+,14?,15?,20-,21-,44?,45?/m1/s1. The van der Waals surface area contributed by atoms with E-state index in [0.717, 1.165) is 23.4 Å². The Kier molecular flexibility index (Phi) is 7.48. The molecule has 45 heavy (non-hydrogen) atoms. The Bertz CT molecular complexity index is 1950. The van der Waals surface area contributed by atoms with E-state index in [1.54, 1.807) is 0 Å². The summed E-state index contributed by atoms with van der Waals surface area (Å²) in [7, 11) is 2.20. The van der Waals surface area contributed by atoms with Crippen LogP contribution in [0.5, 0.6) is 0 Å². The summed E-state index contributed by atoms with van der Waals surface area (Å²) in [6.07, 6.45) is -10.2. The van der Waals surface area contributed by atoms with Crippen molar-refractivity contribution in [3.8, 4) is 0 Å². The molecule has 234 valence electrons. The van der Waals surface area contributed by atoms with Gasteiger partial charge in [-0.3, -0.25) is 23.1 Å². The van der Waals surface area contributed by atoms with Gasteiger partial charge in [-0.05, 0) is 0 Å². The maximum Gasteiger partial charge on any atom is 0.264 e. The van der Waals surface area contributed by atoms with Gasteiger partial charge in [-0.15, -0.1) is 0 Å². The van der Waals surface area contributed by atoms with Crippen molar-refractivity contribution in [2.24, 2.45) is 0 Å². The SMILES string of the molecule is [B]P1(=O)OC[C@H]2O[C@@H](n3cc(F)c4c(=O)[nH]cnc43)[C@@H](F)C2OP([B])(=O)OC[C@H]2O[C@@H](n3cnc4c(N)ncnc43)[C@@H](F)C2O1. The number of aromatic amines is 1. The summed E-state index contributed by atoms with van der Waals surface area (Å²) in [5.41, 5.74) is 4.93. The Balaban J connectivity index is 1.17.